The highest BCUT2D eigenvalue weighted by molar-refractivity contribution is 4.65. The Kier molecular flexibility index (Phi) is 15.4. The lowest BCUT2D eigenvalue weighted by Crippen LogP contribution is -2.16. The van der Waals surface area contributed by atoms with Gasteiger partial charge >= 0.3 is 0 Å². The second-order valence-corrected chi connectivity index (χ2v) is 5.01. The standard InChI is InChI=1S/C16H33N/c1-3-5-7-9-11-13-15-17-16-14-12-10-8-6-4-2/h3,17H,1,4-16H2,2H3. The van der Waals surface area contributed by atoms with Crippen molar-refractivity contribution in [1.29, 1.82) is 0 Å². The molecule has 0 spiro atoms. The molecule has 0 rings (SSSR count). The SMILES string of the molecule is C=CCCCCCCNCCCCCCCC. The minimum atomic E-state index is 1.19. The molecule has 0 aliphatic heterocycles. The van der Waals surface area contributed by atoms with Gasteiger partial charge in [0.15, 0.2) is 0 Å². The average molecular weight is 239 g/mol. The Bertz CT molecular complexity index is 142. The molecule has 0 bridgehead atoms. The molecule has 102 valence electrons. The molecule has 1 heteroatoms. The zero-order valence-corrected chi connectivity index (χ0v) is 12.0. The van der Waals surface area contributed by atoms with Crippen molar-refractivity contribution in [1.82, 2.24) is 5.32 Å². The quantitative estimate of drug-likeness (QED) is 0.329. The van der Waals surface area contributed by atoms with Gasteiger partial charge in [0.05, 0.1) is 0 Å². The first-order chi connectivity index (χ1) is 8.41. The largest absolute Gasteiger partial charge is 0.317 e. The van der Waals surface area contributed by atoms with E-state index in [9.17, 15) is 0 Å². The fourth-order valence-electron chi connectivity index (χ4n) is 2.05. The van der Waals surface area contributed by atoms with Gasteiger partial charge in [-0.1, -0.05) is 57.9 Å². The first-order valence-corrected chi connectivity index (χ1v) is 7.73. The van der Waals surface area contributed by atoms with Crippen molar-refractivity contribution in [2.24, 2.45) is 0 Å². The summed E-state index contributed by atoms with van der Waals surface area (Å²) in [7, 11) is 0. The van der Waals surface area contributed by atoms with E-state index in [1.54, 1.807) is 0 Å². The first-order valence-electron chi connectivity index (χ1n) is 7.73. The van der Waals surface area contributed by atoms with Crippen LogP contribution in [0.5, 0.6) is 0 Å². The van der Waals surface area contributed by atoms with Gasteiger partial charge in [0.1, 0.15) is 0 Å². The van der Waals surface area contributed by atoms with Crippen LogP contribution in [-0.2, 0) is 0 Å². The van der Waals surface area contributed by atoms with Gasteiger partial charge in [-0.2, -0.15) is 0 Å². The van der Waals surface area contributed by atoms with Gasteiger partial charge < -0.3 is 5.32 Å². The Morgan fingerprint density at radius 1 is 0.765 bits per heavy atom. The number of rotatable bonds is 14. The van der Waals surface area contributed by atoms with E-state index in [4.69, 9.17) is 0 Å². The Morgan fingerprint density at radius 2 is 1.29 bits per heavy atom. The molecule has 0 saturated carbocycles. The smallest absolute Gasteiger partial charge is 0.00489 e. The molecule has 17 heavy (non-hydrogen) atoms. The zero-order chi connectivity index (χ0) is 12.6. The lowest BCUT2D eigenvalue weighted by Gasteiger charge is -2.04. The molecule has 0 saturated heterocycles. The van der Waals surface area contributed by atoms with E-state index in [0.717, 1.165) is 0 Å². The Balaban J connectivity index is 2.87. The Labute approximate surface area is 109 Å². The summed E-state index contributed by atoms with van der Waals surface area (Å²) in [6.45, 7) is 8.45. The molecule has 0 fully saturated rings. The normalized spacial score (nSPS) is 10.6. The maximum absolute atomic E-state index is 3.74. The van der Waals surface area contributed by atoms with Crippen LogP contribution in [0.15, 0.2) is 12.7 Å². The highest BCUT2D eigenvalue weighted by atomic mass is 14.8. The van der Waals surface area contributed by atoms with E-state index >= 15 is 0 Å². The molecule has 1 N–H and O–H groups in total. The van der Waals surface area contributed by atoms with Crippen LogP contribution in [-0.4, -0.2) is 13.1 Å². The summed E-state index contributed by atoms with van der Waals surface area (Å²) >= 11 is 0. The van der Waals surface area contributed by atoms with Crippen LogP contribution < -0.4 is 5.32 Å². The highest BCUT2D eigenvalue weighted by Crippen LogP contribution is 2.04. The van der Waals surface area contributed by atoms with Crippen LogP contribution in [0.4, 0.5) is 0 Å². The van der Waals surface area contributed by atoms with Crippen molar-refractivity contribution in [2.75, 3.05) is 13.1 Å². The monoisotopic (exact) mass is 239 g/mol. The molecule has 0 aromatic rings. The van der Waals surface area contributed by atoms with Crippen molar-refractivity contribution < 1.29 is 0 Å². The predicted molar refractivity (Wildman–Crippen MR) is 79.5 cm³/mol. The van der Waals surface area contributed by atoms with Gasteiger partial charge in [-0.3, -0.25) is 0 Å². The van der Waals surface area contributed by atoms with E-state index in [1.807, 2.05) is 6.08 Å². The van der Waals surface area contributed by atoms with E-state index in [-0.39, 0.29) is 0 Å². The van der Waals surface area contributed by atoms with E-state index in [2.05, 4.69) is 18.8 Å². The minimum Gasteiger partial charge on any atom is -0.317 e. The molecule has 0 unspecified atom stereocenters. The molecule has 0 amide bonds. The summed E-state index contributed by atoms with van der Waals surface area (Å²) in [5.74, 6) is 0. The molecular weight excluding hydrogens is 206 g/mol. The summed E-state index contributed by atoms with van der Waals surface area (Å²) in [4.78, 5) is 0. The lowest BCUT2D eigenvalue weighted by atomic mass is 10.1. The van der Waals surface area contributed by atoms with Gasteiger partial charge in [0, 0.05) is 0 Å². The molecule has 0 aliphatic rings. The number of hydrogen-bond acceptors (Lipinski definition) is 1. The third-order valence-electron chi connectivity index (χ3n) is 3.22. The summed E-state index contributed by atoms with van der Waals surface area (Å²) in [6, 6.07) is 0. The number of unbranched alkanes of at least 4 members (excludes halogenated alkanes) is 9. The van der Waals surface area contributed by atoms with E-state index in [0.29, 0.717) is 0 Å². The van der Waals surface area contributed by atoms with Crippen LogP contribution >= 0.6 is 0 Å². The molecule has 0 aromatic carbocycles. The molecular formula is C16H33N. The van der Waals surface area contributed by atoms with Crippen molar-refractivity contribution >= 4 is 0 Å². The van der Waals surface area contributed by atoms with Crippen molar-refractivity contribution in [3.8, 4) is 0 Å². The third-order valence-corrected chi connectivity index (χ3v) is 3.22. The number of allylic oxidation sites excluding steroid dienone is 1. The maximum Gasteiger partial charge on any atom is -0.00489 e. The molecule has 0 aliphatic carbocycles. The highest BCUT2D eigenvalue weighted by Gasteiger charge is 1.91. The molecule has 0 atom stereocenters. The summed E-state index contributed by atoms with van der Waals surface area (Å²) < 4.78 is 0. The molecule has 0 aromatic heterocycles. The Hall–Kier alpha value is -0.300. The predicted octanol–water partition coefficient (Wildman–Crippen LogP) is 5.07. The van der Waals surface area contributed by atoms with Gasteiger partial charge in [0.25, 0.3) is 0 Å². The average Bonchev–Trinajstić information content (AvgIpc) is 2.35. The first kappa shape index (κ1) is 16.7. The maximum atomic E-state index is 3.74. The van der Waals surface area contributed by atoms with Gasteiger partial charge in [0.2, 0.25) is 0 Å². The van der Waals surface area contributed by atoms with Crippen LogP contribution in [0, 0.1) is 0 Å². The molecule has 0 radical (unpaired) electrons. The van der Waals surface area contributed by atoms with Crippen LogP contribution in [0.3, 0.4) is 0 Å². The van der Waals surface area contributed by atoms with Crippen LogP contribution in [0.25, 0.3) is 0 Å². The summed E-state index contributed by atoms with van der Waals surface area (Å²) in [5.41, 5.74) is 0. The molecule has 1 nitrogen and oxygen atoms in total. The van der Waals surface area contributed by atoms with Crippen molar-refractivity contribution in [2.45, 2.75) is 77.6 Å². The van der Waals surface area contributed by atoms with E-state index < -0.39 is 0 Å². The number of hydrogen-bond donors (Lipinski definition) is 1. The second-order valence-electron chi connectivity index (χ2n) is 5.01. The Morgan fingerprint density at radius 3 is 1.88 bits per heavy atom. The number of nitrogens with one attached hydrogen (secondary N) is 1. The summed E-state index contributed by atoms with van der Waals surface area (Å²) in [6.07, 6.45) is 17.0. The van der Waals surface area contributed by atoms with Gasteiger partial charge in [-0.25, -0.2) is 0 Å². The fourth-order valence-corrected chi connectivity index (χ4v) is 2.05. The molecule has 0 heterocycles. The van der Waals surface area contributed by atoms with E-state index in [1.165, 1.54) is 83.7 Å². The second kappa shape index (κ2) is 15.7. The fraction of sp³-hybridized carbons (Fsp3) is 0.875. The van der Waals surface area contributed by atoms with Crippen molar-refractivity contribution in [3.63, 3.8) is 0 Å². The lowest BCUT2D eigenvalue weighted by molar-refractivity contribution is 0.549. The summed E-state index contributed by atoms with van der Waals surface area (Å²) in [5, 5.41) is 3.55. The van der Waals surface area contributed by atoms with Crippen LogP contribution in [0.2, 0.25) is 0 Å². The van der Waals surface area contributed by atoms with Crippen LogP contribution in [0.1, 0.15) is 77.6 Å². The van der Waals surface area contributed by atoms with Crippen molar-refractivity contribution in [3.05, 3.63) is 12.7 Å². The zero-order valence-electron chi connectivity index (χ0n) is 12.0. The van der Waals surface area contributed by atoms with Gasteiger partial charge in [-0.05, 0) is 38.8 Å². The topological polar surface area (TPSA) is 12.0 Å². The third kappa shape index (κ3) is 15.7. The minimum absolute atomic E-state index is 1.19. The van der Waals surface area contributed by atoms with Gasteiger partial charge in [-0.15, -0.1) is 6.58 Å².